The Hall–Kier alpha value is -3.61. The summed E-state index contributed by atoms with van der Waals surface area (Å²) in [5.74, 6) is -0.405. The van der Waals surface area contributed by atoms with E-state index in [0.717, 1.165) is 10.5 Å². The number of hydrogen-bond donors (Lipinski definition) is 1. The average molecular weight is 394 g/mol. The molecule has 7 heteroatoms. The van der Waals surface area contributed by atoms with Crippen molar-refractivity contribution in [1.29, 1.82) is 0 Å². The van der Waals surface area contributed by atoms with Gasteiger partial charge in [0.2, 0.25) is 0 Å². The summed E-state index contributed by atoms with van der Waals surface area (Å²) in [5.41, 5.74) is 1.79. The number of nitrogens with one attached hydrogen (secondary N) is 1. The van der Waals surface area contributed by atoms with E-state index in [9.17, 15) is 14.4 Å². The van der Waals surface area contributed by atoms with Gasteiger partial charge in [0.15, 0.2) is 11.5 Å². The smallest absolute Gasteiger partial charge is 0.335 e. The van der Waals surface area contributed by atoms with Crippen LogP contribution in [0.25, 0.3) is 6.08 Å². The van der Waals surface area contributed by atoms with Crippen LogP contribution in [-0.4, -0.2) is 31.1 Å². The van der Waals surface area contributed by atoms with Crippen molar-refractivity contribution in [3.8, 4) is 11.5 Å². The van der Waals surface area contributed by atoms with E-state index in [1.807, 2.05) is 20.8 Å². The van der Waals surface area contributed by atoms with Gasteiger partial charge in [-0.25, -0.2) is 9.69 Å². The Morgan fingerprint density at radius 1 is 1.00 bits per heavy atom. The number of rotatable bonds is 5. The van der Waals surface area contributed by atoms with E-state index in [4.69, 9.17) is 9.47 Å². The third kappa shape index (κ3) is 4.29. The molecule has 0 saturated carbocycles. The Labute approximate surface area is 168 Å². The summed E-state index contributed by atoms with van der Waals surface area (Å²) in [6, 6.07) is 11.2. The third-order valence-corrected chi connectivity index (χ3v) is 4.26. The average Bonchev–Trinajstić information content (AvgIpc) is 2.67. The summed E-state index contributed by atoms with van der Waals surface area (Å²) in [4.78, 5) is 38.4. The lowest BCUT2D eigenvalue weighted by atomic mass is 10.1. The molecule has 150 valence electrons. The molecule has 4 amide bonds. The maximum atomic E-state index is 12.9. The predicted molar refractivity (Wildman–Crippen MR) is 109 cm³/mol. The minimum absolute atomic E-state index is 0.0344. The number of imide groups is 2. The molecule has 1 fully saturated rings. The quantitative estimate of drug-likeness (QED) is 0.620. The predicted octanol–water partition coefficient (Wildman–Crippen LogP) is 3.46. The van der Waals surface area contributed by atoms with Gasteiger partial charge in [-0.15, -0.1) is 0 Å². The van der Waals surface area contributed by atoms with Crippen LogP contribution in [0.4, 0.5) is 10.5 Å². The Kier molecular flexibility index (Phi) is 5.68. The lowest BCUT2D eigenvalue weighted by Crippen LogP contribution is -2.54. The fourth-order valence-corrected chi connectivity index (χ4v) is 2.88. The van der Waals surface area contributed by atoms with Crippen LogP contribution in [0.2, 0.25) is 0 Å². The van der Waals surface area contributed by atoms with Crippen LogP contribution in [-0.2, 0) is 9.59 Å². The van der Waals surface area contributed by atoms with Crippen molar-refractivity contribution in [1.82, 2.24) is 5.32 Å². The van der Waals surface area contributed by atoms with E-state index in [1.54, 1.807) is 42.5 Å². The molecule has 0 spiro atoms. The number of benzene rings is 2. The fourth-order valence-electron chi connectivity index (χ4n) is 2.88. The topological polar surface area (TPSA) is 84.9 Å². The van der Waals surface area contributed by atoms with Crippen molar-refractivity contribution in [3.05, 3.63) is 59.2 Å². The minimum Gasteiger partial charge on any atom is -0.493 e. The summed E-state index contributed by atoms with van der Waals surface area (Å²) in [6.07, 6.45) is 1.39. The van der Waals surface area contributed by atoms with Crippen LogP contribution in [0.5, 0.6) is 11.5 Å². The van der Waals surface area contributed by atoms with Crippen molar-refractivity contribution in [2.24, 2.45) is 0 Å². The van der Waals surface area contributed by atoms with Gasteiger partial charge in [0.05, 0.1) is 18.9 Å². The highest BCUT2D eigenvalue weighted by atomic mass is 16.5. The second kappa shape index (κ2) is 8.18. The molecule has 1 heterocycles. The van der Waals surface area contributed by atoms with E-state index >= 15 is 0 Å². The van der Waals surface area contributed by atoms with Gasteiger partial charge in [0, 0.05) is 0 Å². The number of aryl methyl sites for hydroxylation is 1. The van der Waals surface area contributed by atoms with E-state index in [0.29, 0.717) is 22.7 Å². The molecule has 2 aromatic rings. The molecular weight excluding hydrogens is 372 g/mol. The third-order valence-electron chi connectivity index (χ3n) is 4.26. The van der Waals surface area contributed by atoms with Crippen molar-refractivity contribution < 1.29 is 23.9 Å². The van der Waals surface area contributed by atoms with Crippen molar-refractivity contribution in [2.75, 3.05) is 12.0 Å². The summed E-state index contributed by atoms with van der Waals surface area (Å²) >= 11 is 0. The molecule has 3 rings (SSSR count). The van der Waals surface area contributed by atoms with Gasteiger partial charge in [-0.3, -0.25) is 14.9 Å². The first-order valence-electron chi connectivity index (χ1n) is 9.13. The zero-order valence-corrected chi connectivity index (χ0v) is 16.7. The maximum absolute atomic E-state index is 12.9. The zero-order valence-electron chi connectivity index (χ0n) is 16.7. The first-order chi connectivity index (χ1) is 13.8. The van der Waals surface area contributed by atoms with Gasteiger partial charge in [-0.1, -0.05) is 23.8 Å². The van der Waals surface area contributed by atoms with Gasteiger partial charge in [0.25, 0.3) is 11.8 Å². The Bertz CT molecular complexity index is 993. The summed E-state index contributed by atoms with van der Waals surface area (Å²) < 4.78 is 11.0. The number of ether oxygens (including phenoxy) is 2. The molecule has 0 unspecified atom stereocenters. The van der Waals surface area contributed by atoms with E-state index < -0.39 is 17.8 Å². The van der Waals surface area contributed by atoms with Crippen LogP contribution < -0.4 is 19.7 Å². The Balaban J connectivity index is 1.97. The summed E-state index contributed by atoms with van der Waals surface area (Å²) in [6.45, 7) is 5.70. The molecule has 0 aliphatic carbocycles. The molecular formula is C22H22N2O5. The summed E-state index contributed by atoms with van der Waals surface area (Å²) in [7, 11) is 1.51. The number of barbiturate groups is 1. The van der Waals surface area contributed by atoms with Gasteiger partial charge < -0.3 is 9.47 Å². The Morgan fingerprint density at radius 3 is 2.31 bits per heavy atom. The number of methoxy groups -OCH3 is 1. The molecule has 0 bridgehead atoms. The standard InChI is InChI=1S/C22H22N2O5/c1-13(2)29-18-10-7-15(12-19(18)28-4)11-17-20(25)23-22(27)24(21(17)26)16-8-5-14(3)6-9-16/h5-13H,1-4H3,(H,23,25,27)/b17-11+. The molecule has 29 heavy (non-hydrogen) atoms. The van der Waals surface area contributed by atoms with Crippen LogP contribution in [0, 0.1) is 6.92 Å². The summed E-state index contributed by atoms with van der Waals surface area (Å²) in [5, 5.41) is 2.21. The van der Waals surface area contributed by atoms with E-state index in [2.05, 4.69) is 5.32 Å². The van der Waals surface area contributed by atoms with Gasteiger partial charge in [-0.05, 0) is 56.7 Å². The molecule has 1 saturated heterocycles. The molecule has 1 aliphatic rings. The highest BCUT2D eigenvalue weighted by Crippen LogP contribution is 2.30. The zero-order chi connectivity index (χ0) is 21.1. The fraction of sp³-hybridized carbons (Fsp3) is 0.227. The number of hydrogen-bond acceptors (Lipinski definition) is 5. The van der Waals surface area contributed by atoms with E-state index in [1.165, 1.54) is 13.2 Å². The molecule has 1 N–H and O–H groups in total. The maximum Gasteiger partial charge on any atom is 0.335 e. The largest absolute Gasteiger partial charge is 0.493 e. The lowest BCUT2D eigenvalue weighted by molar-refractivity contribution is -0.122. The van der Waals surface area contributed by atoms with Crippen LogP contribution in [0.15, 0.2) is 48.0 Å². The first kappa shape index (κ1) is 20.1. The lowest BCUT2D eigenvalue weighted by Gasteiger charge is -2.26. The van der Waals surface area contributed by atoms with Gasteiger partial charge in [0.1, 0.15) is 5.57 Å². The van der Waals surface area contributed by atoms with Crippen molar-refractivity contribution in [2.45, 2.75) is 26.9 Å². The van der Waals surface area contributed by atoms with Crippen molar-refractivity contribution in [3.63, 3.8) is 0 Å². The highest BCUT2D eigenvalue weighted by molar-refractivity contribution is 6.39. The second-order valence-electron chi connectivity index (χ2n) is 6.87. The first-order valence-corrected chi connectivity index (χ1v) is 9.13. The molecule has 0 atom stereocenters. The number of carbonyl (C=O) groups excluding carboxylic acids is 3. The van der Waals surface area contributed by atoms with Gasteiger partial charge >= 0.3 is 6.03 Å². The molecule has 0 aromatic heterocycles. The molecule has 0 radical (unpaired) electrons. The number of urea groups is 1. The monoisotopic (exact) mass is 394 g/mol. The van der Waals surface area contributed by atoms with Crippen LogP contribution in [0.1, 0.15) is 25.0 Å². The Morgan fingerprint density at radius 2 is 1.69 bits per heavy atom. The normalized spacial score (nSPS) is 15.7. The molecule has 1 aliphatic heterocycles. The number of carbonyl (C=O) groups is 3. The molecule has 7 nitrogen and oxygen atoms in total. The number of anilines is 1. The van der Waals surface area contributed by atoms with Crippen LogP contribution in [0.3, 0.4) is 0 Å². The SMILES string of the molecule is COc1cc(/C=C2\C(=O)NC(=O)N(c3ccc(C)cc3)C2=O)ccc1OC(C)C. The highest BCUT2D eigenvalue weighted by Gasteiger charge is 2.36. The number of amides is 4. The number of nitrogens with zero attached hydrogens (tertiary/aromatic N) is 1. The second-order valence-corrected chi connectivity index (χ2v) is 6.87. The van der Waals surface area contributed by atoms with Crippen LogP contribution >= 0.6 is 0 Å². The van der Waals surface area contributed by atoms with Crippen molar-refractivity contribution >= 4 is 29.6 Å². The van der Waals surface area contributed by atoms with E-state index in [-0.39, 0.29) is 11.7 Å². The molecule has 2 aromatic carbocycles. The van der Waals surface area contributed by atoms with Gasteiger partial charge in [-0.2, -0.15) is 0 Å². The minimum atomic E-state index is -0.778.